The zero-order valence-electron chi connectivity index (χ0n) is 10.0. The van der Waals surface area contributed by atoms with E-state index >= 15 is 0 Å². The number of halogens is 1. The molecule has 100 valence electrons. The van der Waals surface area contributed by atoms with E-state index in [4.69, 9.17) is 16.7 Å². The molecule has 0 saturated carbocycles. The molecule has 1 rings (SSSR count). The molecule has 0 aliphatic carbocycles. The number of unbranched alkanes of at least 4 members (excludes halogenated alkanes) is 2. The standard InChI is InChI=1S/C10H15ClN4O3/c1-14(5-3-2-4-6-16)9-8(15(17)18)7-12-10(11)13-9/h7,16H,2-6H2,1H3. The van der Waals surface area contributed by atoms with Gasteiger partial charge in [-0.05, 0) is 30.9 Å². The molecule has 0 atom stereocenters. The average molecular weight is 275 g/mol. The van der Waals surface area contributed by atoms with Crippen molar-refractivity contribution in [3.63, 3.8) is 0 Å². The molecule has 0 radical (unpaired) electrons. The Morgan fingerprint density at radius 1 is 1.50 bits per heavy atom. The molecule has 0 fully saturated rings. The predicted molar refractivity (Wildman–Crippen MR) is 67.9 cm³/mol. The van der Waals surface area contributed by atoms with E-state index in [9.17, 15) is 10.1 Å². The summed E-state index contributed by atoms with van der Waals surface area (Å²) < 4.78 is 0. The Balaban J connectivity index is 2.74. The number of anilines is 1. The van der Waals surface area contributed by atoms with Gasteiger partial charge in [0.1, 0.15) is 6.20 Å². The van der Waals surface area contributed by atoms with Gasteiger partial charge in [0.15, 0.2) is 0 Å². The lowest BCUT2D eigenvalue weighted by molar-refractivity contribution is -0.384. The molecule has 0 spiro atoms. The van der Waals surface area contributed by atoms with Crippen molar-refractivity contribution < 1.29 is 10.0 Å². The summed E-state index contributed by atoms with van der Waals surface area (Å²) in [5.41, 5.74) is -0.163. The molecule has 8 heteroatoms. The fraction of sp³-hybridized carbons (Fsp3) is 0.600. The second-order valence-corrected chi connectivity index (χ2v) is 4.15. The van der Waals surface area contributed by atoms with Crippen LogP contribution in [-0.2, 0) is 0 Å². The van der Waals surface area contributed by atoms with Crippen molar-refractivity contribution in [1.29, 1.82) is 0 Å². The number of aliphatic hydroxyl groups excluding tert-OH is 1. The molecule has 1 N–H and O–H groups in total. The minimum atomic E-state index is -0.532. The van der Waals surface area contributed by atoms with Crippen LogP contribution in [0.25, 0.3) is 0 Å². The maximum Gasteiger partial charge on any atom is 0.329 e. The maximum absolute atomic E-state index is 10.8. The molecule has 0 aliphatic heterocycles. The van der Waals surface area contributed by atoms with Crippen molar-refractivity contribution in [2.75, 3.05) is 25.1 Å². The van der Waals surface area contributed by atoms with Crippen LogP contribution in [-0.4, -0.2) is 40.2 Å². The van der Waals surface area contributed by atoms with Gasteiger partial charge in [-0.3, -0.25) is 10.1 Å². The minimum Gasteiger partial charge on any atom is -0.396 e. The van der Waals surface area contributed by atoms with Crippen LogP contribution in [0.1, 0.15) is 19.3 Å². The first-order chi connectivity index (χ1) is 8.56. The van der Waals surface area contributed by atoms with Crippen LogP contribution in [0.2, 0.25) is 5.28 Å². The van der Waals surface area contributed by atoms with Crippen molar-refractivity contribution in [1.82, 2.24) is 9.97 Å². The lowest BCUT2D eigenvalue weighted by Gasteiger charge is -2.17. The fourth-order valence-corrected chi connectivity index (χ4v) is 1.63. The van der Waals surface area contributed by atoms with E-state index in [2.05, 4.69) is 9.97 Å². The van der Waals surface area contributed by atoms with Crippen LogP contribution in [0.5, 0.6) is 0 Å². The van der Waals surface area contributed by atoms with Crippen LogP contribution < -0.4 is 4.90 Å². The Kier molecular flexibility index (Phi) is 5.73. The van der Waals surface area contributed by atoms with Gasteiger partial charge in [0.2, 0.25) is 11.1 Å². The van der Waals surface area contributed by atoms with E-state index in [1.165, 1.54) is 0 Å². The lowest BCUT2D eigenvalue weighted by Crippen LogP contribution is -2.21. The van der Waals surface area contributed by atoms with E-state index in [1.54, 1.807) is 11.9 Å². The molecule has 18 heavy (non-hydrogen) atoms. The molecule has 0 amide bonds. The third-order valence-electron chi connectivity index (χ3n) is 2.43. The third kappa shape index (κ3) is 4.08. The lowest BCUT2D eigenvalue weighted by atomic mass is 10.2. The Morgan fingerprint density at radius 3 is 2.83 bits per heavy atom. The van der Waals surface area contributed by atoms with Crippen molar-refractivity contribution in [3.05, 3.63) is 21.6 Å². The highest BCUT2D eigenvalue weighted by Gasteiger charge is 2.19. The molecule has 0 saturated heterocycles. The second kappa shape index (κ2) is 7.07. The first-order valence-corrected chi connectivity index (χ1v) is 5.93. The summed E-state index contributed by atoms with van der Waals surface area (Å²) in [5, 5.41) is 19.5. The van der Waals surface area contributed by atoms with Crippen molar-refractivity contribution in [2.45, 2.75) is 19.3 Å². The van der Waals surface area contributed by atoms with Gasteiger partial charge >= 0.3 is 5.69 Å². The highest BCUT2D eigenvalue weighted by atomic mass is 35.5. The average Bonchev–Trinajstić information content (AvgIpc) is 2.34. The number of aliphatic hydroxyl groups is 1. The first-order valence-electron chi connectivity index (χ1n) is 5.55. The van der Waals surface area contributed by atoms with Gasteiger partial charge in [0, 0.05) is 20.2 Å². The molecular weight excluding hydrogens is 260 g/mol. The van der Waals surface area contributed by atoms with Crippen molar-refractivity contribution in [2.24, 2.45) is 0 Å². The molecule has 7 nitrogen and oxygen atoms in total. The van der Waals surface area contributed by atoms with Gasteiger partial charge in [-0.15, -0.1) is 0 Å². The highest BCUT2D eigenvalue weighted by molar-refractivity contribution is 6.28. The molecular formula is C10H15ClN4O3. The van der Waals surface area contributed by atoms with Crippen LogP contribution in [0, 0.1) is 10.1 Å². The number of nitrogens with zero attached hydrogens (tertiary/aromatic N) is 4. The number of rotatable bonds is 7. The van der Waals surface area contributed by atoms with Crippen LogP contribution in [0.3, 0.4) is 0 Å². The Labute approximate surface area is 110 Å². The van der Waals surface area contributed by atoms with E-state index in [1.807, 2.05) is 0 Å². The largest absolute Gasteiger partial charge is 0.396 e. The quantitative estimate of drug-likeness (QED) is 0.352. The van der Waals surface area contributed by atoms with E-state index in [0.717, 1.165) is 25.5 Å². The normalized spacial score (nSPS) is 10.4. The summed E-state index contributed by atoms with van der Waals surface area (Å²) in [6.45, 7) is 0.761. The third-order valence-corrected chi connectivity index (χ3v) is 2.61. The van der Waals surface area contributed by atoms with Gasteiger partial charge in [0.25, 0.3) is 0 Å². The van der Waals surface area contributed by atoms with Crippen LogP contribution in [0.15, 0.2) is 6.20 Å². The first kappa shape index (κ1) is 14.6. The number of hydrogen-bond donors (Lipinski definition) is 1. The molecule has 0 bridgehead atoms. The minimum absolute atomic E-state index is 0.0159. The highest BCUT2D eigenvalue weighted by Crippen LogP contribution is 2.25. The topological polar surface area (TPSA) is 92.4 Å². The van der Waals surface area contributed by atoms with Gasteiger partial charge in [-0.2, -0.15) is 4.98 Å². The summed E-state index contributed by atoms with van der Waals surface area (Å²) in [6, 6.07) is 0. The van der Waals surface area contributed by atoms with Gasteiger partial charge in [-0.25, -0.2) is 4.98 Å². The predicted octanol–water partition coefficient (Wildman–Crippen LogP) is 1.64. The summed E-state index contributed by atoms with van der Waals surface area (Å²) in [7, 11) is 1.71. The fourth-order valence-electron chi connectivity index (χ4n) is 1.50. The van der Waals surface area contributed by atoms with E-state index in [-0.39, 0.29) is 23.4 Å². The van der Waals surface area contributed by atoms with E-state index in [0.29, 0.717) is 6.54 Å². The van der Waals surface area contributed by atoms with Gasteiger partial charge in [0.05, 0.1) is 4.92 Å². The second-order valence-electron chi connectivity index (χ2n) is 3.81. The summed E-state index contributed by atoms with van der Waals surface area (Å²) in [6.07, 6.45) is 3.50. The number of aromatic nitrogens is 2. The molecule has 0 aromatic carbocycles. The zero-order chi connectivity index (χ0) is 13.5. The molecule has 1 aromatic rings. The van der Waals surface area contributed by atoms with Crippen LogP contribution >= 0.6 is 11.6 Å². The van der Waals surface area contributed by atoms with Crippen molar-refractivity contribution in [3.8, 4) is 0 Å². The molecule has 1 heterocycles. The summed E-state index contributed by atoms with van der Waals surface area (Å²) in [4.78, 5) is 19.5. The SMILES string of the molecule is CN(CCCCCO)c1nc(Cl)ncc1[N+](=O)[O-]. The molecule has 0 unspecified atom stereocenters. The summed E-state index contributed by atoms with van der Waals surface area (Å²) in [5.74, 6) is 0.212. The maximum atomic E-state index is 10.8. The smallest absolute Gasteiger partial charge is 0.329 e. The van der Waals surface area contributed by atoms with E-state index < -0.39 is 4.92 Å². The van der Waals surface area contributed by atoms with Gasteiger partial charge in [-0.1, -0.05) is 0 Å². The monoisotopic (exact) mass is 274 g/mol. The Morgan fingerprint density at radius 2 is 2.22 bits per heavy atom. The Hall–Kier alpha value is -1.47. The van der Waals surface area contributed by atoms with Crippen LogP contribution in [0.4, 0.5) is 11.5 Å². The van der Waals surface area contributed by atoms with Crippen molar-refractivity contribution >= 4 is 23.1 Å². The summed E-state index contributed by atoms with van der Waals surface area (Å²) >= 11 is 5.64. The Bertz CT molecular complexity index is 416. The molecule has 1 aromatic heterocycles. The number of hydrogen-bond acceptors (Lipinski definition) is 6. The van der Waals surface area contributed by atoms with Gasteiger partial charge < -0.3 is 10.0 Å². The molecule has 0 aliphatic rings. The zero-order valence-corrected chi connectivity index (χ0v) is 10.8. The number of nitro groups is 1.